The lowest BCUT2D eigenvalue weighted by Gasteiger charge is -2.36. The van der Waals surface area contributed by atoms with Crippen molar-refractivity contribution in [2.75, 3.05) is 25.6 Å². The third kappa shape index (κ3) is 3.26. The number of carbonyl (C=O) groups excluding carboxylic acids is 1. The fraction of sp³-hybridized carbons (Fsp3) is 0.562. The summed E-state index contributed by atoms with van der Waals surface area (Å²) in [7, 11) is 0. The highest BCUT2D eigenvalue weighted by Crippen LogP contribution is 2.31. The highest BCUT2D eigenvalue weighted by molar-refractivity contribution is 6.17. The van der Waals surface area contributed by atoms with E-state index in [9.17, 15) is 4.79 Å². The molecule has 0 bridgehead atoms. The monoisotopic (exact) mass is 309 g/mol. The van der Waals surface area contributed by atoms with Gasteiger partial charge in [0.1, 0.15) is 6.61 Å². The van der Waals surface area contributed by atoms with Crippen LogP contribution in [0, 0.1) is 5.92 Å². The lowest BCUT2D eigenvalue weighted by Crippen LogP contribution is -2.49. The smallest absolute Gasteiger partial charge is 0.267 e. The van der Waals surface area contributed by atoms with Crippen LogP contribution in [-0.4, -0.2) is 42.5 Å². The van der Waals surface area contributed by atoms with Crippen molar-refractivity contribution in [3.05, 3.63) is 24.3 Å². The Morgan fingerprint density at radius 3 is 2.95 bits per heavy atom. The van der Waals surface area contributed by atoms with E-state index >= 15 is 0 Å². The van der Waals surface area contributed by atoms with E-state index in [0.29, 0.717) is 23.3 Å². The number of halogens is 1. The van der Waals surface area contributed by atoms with Gasteiger partial charge in [-0.25, -0.2) is 0 Å². The SMILES string of the molecule is O=C(C1COc2ccccc2O1)N1CCCC(CCCl)C1. The first-order chi connectivity index (χ1) is 10.3. The molecule has 2 aliphatic rings. The van der Waals surface area contributed by atoms with Crippen molar-refractivity contribution < 1.29 is 14.3 Å². The Morgan fingerprint density at radius 2 is 2.14 bits per heavy atom. The minimum Gasteiger partial charge on any atom is -0.485 e. The van der Waals surface area contributed by atoms with Gasteiger partial charge in [-0.3, -0.25) is 4.79 Å². The van der Waals surface area contributed by atoms with Crippen LogP contribution in [0.3, 0.4) is 0 Å². The van der Waals surface area contributed by atoms with Crippen LogP contribution in [0.15, 0.2) is 24.3 Å². The second-order valence-corrected chi connectivity index (χ2v) is 6.01. The fourth-order valence-electron chi connectivity index (χ4n) is 3.00. The van der Waals surface area contributed by atoms with Crippen LogP contribution in [-0.2, 0) is 4.79 Å². The molecule has 1 aromatic carbocycles. The first-order valence-electron chi connectivity index (χ1n) is 7.51. The maximum Gasteiger partial charge on any atom is 0.267 e. The molecule has 1 saturated heterocycles. The van der Waals surface area contributed by atoms with Crippen molar-refractivity contribution in [1.29, 1.82) is 0 Å². The van der Waals surface area contributed by atoms with Crippen molar-refractivity contribution in [1.82, 2.24) is 4.90 Å². The molecule has 0 aliphatic carbocycles. The second-order valence-electron chi connectivity index (χ2n) is 5.63. The Bertz CT molecular complexity index is 506. The number of piperidine rings is 1. The zero-order chi connectivity index (χ0) is 14.7. The van der Waals surface area contributed by atoms with Crippen LogP contribution in [0.25, 0.3) is 0 Å². The van der Waals surface area contributed by atoms with Crippen LogP contribution < -0.4 is 9.47 Å². The van der Waals surface area contributed by atoms with Gasteiger partial charge in [0.2, 0.25) is 6.10 Å². The summed E-state index contributed by atoms with van der Waals surface area (Å²) in [5.41, 5.74) is 0. The number of rotatable bonds is 3. The van der Waals surface area contributed by atoms with Crippen LogP contribution in [0.2, 0.25) is 0 Å². The van der Waals surface area contributed by atoms with Crippen LogP contribution in [0.1, 0.15) is 19.3 Å². The largest absolute Gasteiger partial charge is 0.485 e. The van der Waals surface area contributed by atoms with E-state index in [2.05, 4.69) is 0 Å². The molecule has 0 N–H and O–H groups in total. The topological polar surface area (TPSA) is 38.8 Å². The molecular formula is C16H20ClNO3. The van der Waals surface area contributed by atoms with Gasteiger partial charge < -0.3 is 14.4 Å². The number of benzene rings is 1. The van der Waals surface area contributed by atoms with E-state index in [-0.39, 0.29) is 12.5 Å². The van der Waals surface area contributed by atoms with Gasteiger partial charge in [-0.05, 0) is 37.3 Å². The summed E-state index contributed by atoms with van der Waals surface area (Å²) in [5.74, 6) is 2.56. The molecule has 21 heavy (non-hydrogen) atoms. The van der Waals surface area contributed by atoms with E-state index < -0.39 is 6.10 Å². The molecule has 0 aromatic heterocycles. The van der Waals surface area contributed by atoms with Gasteiger partial charge in [-0.1, -0.05) is 12.1 Å². The number of para-hydroxylation sites is 2. The van der Waals surface area contributed by atoms with E-state index in [0.717, 1.165) is 32.4 Å². The summed E-state index contributed by atoms with van der Waals surface area (Å²) in [5, 5.41) is 0. The maximum atomic E-state index is 12.6. The number of nitrogens with zero attached hydrogens (tertiary/aromatic N) is 1. The quantitative estimate of drug-likeness (QED) is 0.806. The van der Waals surface area contributed by atoms with Crippen LogP contribution in [0.4, 0.5) is 0 Å². The molecule has 1 amide bonds. The molecule has 114 valence electrons. The number of amides is 1. The first-order valence-corrected chi connectivity index (χ1v) is 8.04. The van der Waals surface area contributed by atoms with E-state index in [4.69, 9.17) is 21.1 Å². The Labute approximate surface area is 130 Å². The predicted molar refractivity (Wildman–Crippen MR) is 81.0 cm³/mol. The second kappa shape index (κ2) is 6.56. The Balaban J connectivity index is 1.63. The lowest BCUT2D eigenvalue weighted by molar-refractivity contribution is -0.143. The fourth-order valence-corrected chi connectivity index (χ4v) is 3.31. The number of fused-ring (bicyclic) bond motifs is 1. The molecule has 1 aromatic rings. The number of hydrogen-bond acceptors (Lipinski definition) is 3. The third-order valence-electron chi connectivity index (χ3n) is 4.13. The van der Waals surface area contributed by atoms with Gasteiger partial charge in [0, 0.05) is 19.0 Å². The zero-order valence-corrected chi connectivity index (χ0v) is 12.7. The van der Waals surface area contributed by atoms with Crippen molar-refractivity contribution in [2.24, 2.45) is 5.92 Å². The summed E-state index contributed by atoms with van der Waals surface area (Å²) >= 11 is 5.82. The molecule has 2 heterocycles. The average Bonchev–Trinajstić information content (AvgIpc) is 2.54. The molecular weight excluding hydrogens is 290 g/mol. The van der Waals surface area contributed by atoms with E-state index in [1.54, 1.807) is 0 Å². The minimum absolute atomic E-state index is 0.0313. The molecule has 3 rings (SSSR count). The van der Waals surface area contributed by atoms with Gasteiger partial charge in [0.25, 0.3) is 5.91 Å². The average molecular weight is 310 g/mol. The minimum atomic E-state index is -0.533. The van der Waals surface area contributed by atoms with Gasteiger partial charge in [-0.2, -0.15) is 0 Å². The molecule has 5 heteroatoms. The Kier molecular flexibility index (Phi) is 4.54. The van der Waals surface area contributed by atoms with Crippen molar-refractivity contribution in [3.63, 3.8) is 0 Å². The van der Waals surface area contributed by atoms with Gasteiger partial charge in [-0.15, -0.1) is 11.6 Å². The number of carbonyl (C=O) groups is 1. The van der Waals surface area contributed by atoms with Crippen LogP contribution in [0.5, 0.6) is 11.5 Å². The predicted octanol–water partition coefficient (Wildman–Crippen LogP) is 2.69. The van der Waals surface area contributed by atoms with Crippen LogP contribution >= 0.6 is 11.6 Å². The third-order valence-corrected chi connectivity index (χ3v) is 4.35. The zero-order valence-electron chi connectivity index (χ0n) is 12.0. The lowest BCUT2D eigenvalue weighted by atomic mass is 9.95. The molecule has 4 nitrogen and oxygen atoms in total. The van der Waals surface area contributed by atoms with E-state index in [1.807, 2.05) is 29.2 Å². The van der Waals surface area contributed by atoms with Gasteiger partial charge in [0.05, 0.1) is 0 Å². The molecule has 2 aliphatic heterocycles. The number of hydrogen-bond donors (Lipinski definition) is 0. The normalized spacial score (nSPS) is 24.7. The molecule has 0 spiro atoms. The number of ether oxygens (including phenoxy) is 2. The van der Waals surface area contributed by atoms with Crippen molar-refractivity contribution in [2.45, 2.75) is 25.4 Å². The summed E-state index contributed by atoms with van der Waals surface area (Å²) < 4.78 is 11.4. The summed E-state index contributed by atoms with van der Waals surface area (Å²) in [6, 6.07) is 7.47. The van der Waals surface area contributed by atoms with Crippen molar-refractivity contribution >= 4 is 17.5 Å². The molecule has 0 radical (unpaired) electrons. The molecule has 2 atom stereocenters. The van der Waals surface area contributed by atoms with Gasteiger partial charge in [0.15, 0.2) is 11.5 Å². The Hall–Kier alpha value is -1.42. The summed E-state index contributed by atoms with van der Waals surface area (Å²) in [6.07, 6.45) is 2.63. The highest BCUT2D eigenvalue weighted by atomic mass is 35.5. The maximum absolute atomic E-state index is 12.6. The summed E-state index contributed by atoms with van der Waals surface area (Å²) in [4.78, 5) is 14.5. The first kappa shape index (κ1) is 14.5. The van der Waals surface area contributed by atoms with E-state index in [1.165, 1.54) is 0 Å². The van der Waals surface area contributed by atoms with Crippen molar-refractivity contribution in [3.8, 4) is 11.5 Å². The Morgan fingerprint density at radius 1 is 1.33 bits per heavy atom. The number of likely N-dealkylation sites (tertiary alicyclic amines) is 1. The molecule has 0 saturated carbocycles. The van der Waals surface area contributed by atoms with Gasteiger partial charge >= 0.3 is 0 Å². The molecule has 1 fully saturated rings. The number of alkyl halides is 1. The molecule has 2 unspecified atom stereocenters. The summed E-state index contributed by atoms with van der Waals surface area (Å²) in [6.45, 7) is 1.87. The highest BCUT2D eigenvalue weighted by Gasteiger charge is 2.33. The standard InChI is InChI=1S/C16H20ClNO3/c17-8-7-12-4-3-9-18(10-12)16(19)15-11-20-13-5-1-2-6-14(13)21-15/h1-2,5-6,12,15H,3-4,7-11H2.